The van der Waals surface area contributed by atoms with E-state index in [1.165, 1.54) is 10.6 Å². The molecule has 0 spiro atoms. The molecule has 0 radical (unpaired) electrons. The quantitative estimate of drug-likeness (QED) is 0.946. The van der Waals surface area contributed by atoms with E-state index in [0.29, 0.717) is 0 Å². The van der Waals surface area contributed by atoms with Crippen LogP contribution in [0.15, 0.2) is 29.8 Å². The van der Waals surface area contributed by atoms with Crippen molar-refractivity contribution >= 4 is 17.2 Å². The summed E-state index contributed by atoms with van der Waals surface area (Å²) in [7, 11) is 0. The zero-order chi connectivity index (χ0) is 15.0. The van der Waals surface area contributed by atoms with Crippen molar-refractivity contribution in [2.45, 2.75) is 56.5 Å². The molecule has 1 N–H and O–H groups in total. The summed E-state index contributed by atoms with van der Waals surface area (Å²) in [6.07, 6.45) is 8.01. The molecule has 3 heterocycles. The summed E-state index contributed by atoms with van der Waals surface area (Å²) in [5, 5.41) is 9.74. The Bertz CT molecular complexity index is 655. The first-order chi connectivity index (χ1) is 10.8. The number of rotatable bonds is 3. The van der Waals surface area contributed by atoms with Gasteiger partial charge in [-0.3, -0.25) is 9.48 Å². The topological polar surface area (TPSA) is 46.9 Å². The number of carbonyl (C=O) groups excluding carboxylic acids is 1. The molecule has 1 aliphatic carbocycles. The number of aromatic nitrogens is 2. The minimum atomic E-state index is -0.272. The van der Waals surface area contributed by atoms with Gasteiger partial charge in [-0.25, -0.2) is 0 Å². The van der Waals surface area contributed by atoms with Gasteiger partial charge in [0.15, 0.2) is 0 Å². The zero-order valence-electron chi connectivity index (χ0n) is 12.6. The van der Waals surface area contributed by atoms with Crippen LogP contribution < -0.4 is 5.32 Å². The molecule has 1 saturated carbocycles. The van der Waals surface area contributed by atoms with Gasteiger partial charge in [0.05, 0.1) is 5.41 Å². The van der Waals surface area contributed by atoms with E-state index in [1.807, 2.05) is 10.9 Å². The van der Waals surface area contributed by atoms with Gasteiger partial charge >= 0.3 is 0 Å². The van der Waals surface area contributed by atoms with Crippen LogP contribution >= 0.6 is 11.3 Å². The third kappa shape index (κ3) is 2.28. The highest BCUT2D eigenvalue weighted by Crippen LogP contribution is 2.43. The van der Waals surface area contributed by atoms with E-state index in [1.54, 1.807) is 11.3 Å². The number of hydrogen-bond acceptors (Lipinski definition) is 3. The Hall–Kier alpha value is -1.62. The summed E-state index contributed by atoms with van der Waals surface area (Å²) in [5.41, 5.74) is 0.958. The lowest BCUT2D eigenvalue weighted by molar-refractivity contribution is -0.127. The molecular weight excluding hydrogens is 294 g/mol. The van der Waals surface area contributed by atoms with Crippen LogP contribution in [-0.4, -0.2) is 21.7 Å². The Labute approximate surface area is 134 Å². The second-order valence-corrected chi connectivity index (χ2v) is 7.42. The summed E-state index contributed by atoms with van der Waals surface area (Å²) in [4.78, 5) is 14.3. The third-order valence-electron chi connectivity index (χ3n) is 5.17. The van der Waals surface area contributed by atoms with Crippen LogP contribution in [0.25, 0.3) is 0 Å². The first-order valence-electron chi connectivity index (χ1n) is 8.14. The molecule has 5 heteroatoms. The molecule has 0 bridgehead atoms. The molecular formula is C17H21N3OS. The van der Waals surface area contributed by atoms with E-state index in [2.05, 4.69) is 34.0 Å². The highest BCUT2D eigenvalue weighted by Gasteiger charge is 2.44. The number of carbonyl (C=O) groups is 1. The number of nitrogens with zero attached hydrogens (tertiary/aromatic N) is 2. The highest BCUT2D eigenvalue weighted by atomic mass is 32.1. The van der Waals surface area contributed by atoms with E-state index < -0.39 is 0 Å². The molecule has 2 aromatic rings. The highest BCUT2D eigenvalue weighted by molar-refractivity contribution is 7.10. The molecule has 1 fully saturated rings. The standard InChI is InChI=1S/C17H21N3OS/c21-16(17(7-1-2-8-17)15-4-3-11-22-15)19-13-6-10-20-14(12-13)5-9-18-20/h3-5,9,11,13H,1-2,6-8,10,12H2,(H,19,21). The number of aryl methyl sites for hydroxylation is 1. The number of fused-ring (bicyclic) bond motifs is 1. The SMILES string of the molecule is O=C(NC1CCn2nccc2C1)C1(c2cccs2)CCCC1. The predicted molar refractivity (Wildman–Crippen MR) is 86.9 cm³/mol. The number of nitrogens with one attached hydrogen (secondary N) is 1. The molecule has 0 aromatic carbocycles. The van der Waals surface area contributed by atoms with Gasteiger partial charge in [-0.15, -0.1) is 11.3 Å². The first kappa shape index (κ1) is 14.0. The maximum absolute atomic E-state index is 13.1. The summed E-state index contributed by atoms with van der Waals surface area (Å²) in [6, 6.07) is 6.50. The number of hydrogen-bond donors (Lipinski definition) is 1. The van der Waals surface area contributed by atoms with Gasteiger partial charge in [-0.05, 0) is 36.8 Å². The number of amides is 1. The Morgan fingerprint density at radius 3 is 3.00 bits per heavy atom. The Morgan fingerprint density at radius 1 is 1.36 bits per heavy atom. The van der Waals surface area contributed by atoms with Crippen molar-refractivity contribution in [2.24, 2.45) is 0 Å². The van der Waals surface area contributed by atoms with Crippen molar-refractivity contribution in [3.8, 4) is 0 Å². The van der Waals surface area contributed by atoms with Gasteiger partial charge in [-0.1, -0.05) is 18.9 Å². The minimum absolute atomic E-state index is 0.241. The lowest BCUT2D eigenvalue weighted by Gasteiger charge is -2.31. The van der Waals surface area contributed by atoms with Crippen molar-refractivity contribution in [2.75, 3.05) is 0 Å². The largest absolute Gasteiger partial charge is 0.352 e. The normalized spacial score (nSPS) is 23.2. The maximum atomic E-state index is 13.1. The first-order valence-corrected chi connectivity index (χ1v) is 9.01. The van der Waals surface area contributed by atoms with Crippen molar-refractivity contribution in [3.63, 3.8) is 0 Å². The fourth-order valence-corrected chi connectivity index (χ4v) is 4.91. The molecule has 4 rings (SSSR count). The van der Waals surface area contributed by atoms with Crippen molar-refractivity contribution in [3.05, 3.63) is 40.3 Å². The lowest BCUT2D eigenvalue weighted by atomic mass is 9.83. The molecule has 2 aromatic heterocycles. The second-order valence-electron chi connectivity index (χ2n) is 6.48. The molecule has 4 nitrogen and oxygen atoms in total. The summed E-state index contributed by atoms with van der Waals surface area (Å²) in [5.74, 6) is 0.241. The number of thiophene rings is 1. The van der Waals surface area contributed by atoms with Crippen LogP contribution in [-0.2, 0) is 23.2 Å². The molecule has 1 amide bonds. The van der Waals surface area contributed by atoms with Crippen LogP contribution in [0.4, 0.5) is 0 Å². The molecule has 1 aliphatic heterocycles. The van der Waals surface area contributed by atoms with Gasteiger partial charge in [-0.2, -0.15) is 5.10 Å². The van der Waals surface area contributed by atoms with Gasteiger partial charge in [0, 0.05) is 35.8 Å². The van der Waals surface area contributed by atoms with Crippen LogP contribution in [0, 0.1) is 0 Å². The fourth-order valence-electron chi connectivity index (χ4n) is 3.93. The van der Waals surface area contributed by atoms with E-state index in [0.717, 1.165) is 45.1 Å². The lowest BCUT2D eigenvalue weighted by Crippen LogP contribution is -2.48. The Morgan fingerprint density at radius 2 is 2.23 bits per heavy atom. The average molecular weight is 315 g/mol. The van der Waals surface area contributed by atoms with Crippen LogP contribution in [0.3, 0.4) is 0 Å². The average Bonchev–Trinajstić information content (AvgIpc) is 3.27. The van der Waals surface area contributed by atoms with E-state index in [9.17, 15) is 4.79 Å². The van der Waals surface area contributed by atoms with E-state index in [-0.39, 0.29) is 17.4 Å². The predicted octanol–water partition coefficient (Wildman–Crippen LogP) is 2.89. The van der Waals surface area contributed by atoms with Gasteiger partial charge in [0.2, 0.25) is 5.91 Å². The van der Waals surface area contributed by atoms with Gasteiger partial charge in [0.25, 0.3) is 0 Å². The van der Waals surface area contributed by atoms with E-state index in [4.69, 9.17) is 0 Å². The van der Waals surface area contributed by atoms with E-state index >= 15 is 0 Å². The Kier molecular flexibility index (Phi) is 3.53. The minimum Gasteiger partial charge on any atom is -0.352 e. The Balaban J connectivity index is 1.52. The van der Waals surface area contributed by atoms with Crippen LogP contribution in [0.1, 0.15) is 42.7 Å². The molecule has 116 valence electrons. The van der Waals surface area contributed by atoms with Gasteiger partial charge < -0.3 is 5.32 Å². The van der Waals surface area contributed by atoms with Crippen molar-refractivity contribution in [1.29, 1.82) is 0 Å². The maximum Gasteiger partial charge on any atom is 0.231 e. The molecule has 22 heavy (non-hydrogen) atoms. The molecule has 1 unspecified atom stereocenters. The smallest absolute Gasteiger partial charge is 0.231 e. The van der Waals surface area contributed by atoms with Crippen LogP contribution in [0.2, 0.25) is 0 Å². The molecule has 1 atom stereocenters. The van der Waals surface area contributed by atoms with Gasteiger partial charge in [0.1, 0.15) is 0 Å². The van der Waals surface area contributed by atoms with Crippen LogP contribution in [0.5, 0.6) is 0 Å². The molecule has 2 aliphatic rings. The monoisotopic (exact) mass is 315 g/mol. The summed E-state index contributed by atoms with van der Waals surface area (Å²) >= 11 is 1.72. The zero-order valence-corrected chi connectivity index (χ0v) is 13.4. The van der Waals surface area contributed by atoms with Crippen molar-refractivity contribution in [1.82, 2.24) is 15.1 Å². The van der Waals surface area contributed by atoms with Crippen molar-refractivity contribution < 1.29 is 4.79 Å². The summed E-state index contributed by atoms with van der Waals surface area (Å²) < 4.78 is 2.05. The third-order valence-corrected chi connectivity index (χ3v) is 6.24. The summed E-state index contributed by atoms with van der Waals surface area (Å²) in [6.45, 7) is 0.902. The molecule has 0 saturated heterocycles. The fraction of sp³-hybridized carbons (Fsp3) is 0.529. The second kappa shape index (κ2) is 5.54.